The average molecular weight is 355 g/mol. The second-order valence-corrected chi connectivity index (χ2v) is 7.32. The van der Waals surface area contributed by atoms with Gasteiger partial charge in [-0.3, -0.25) is 9.36 Å². The highest BCUT2D eigenvalue weighted by Crippen LogP contribution is 2.34. The van der Waals surface area contributed by atoms with Crippen LogP contribution in [0.2, 0.25) is 0 Å². The smallest absolute Gasteiger partial charge is 0.263 e. The lowest BCUT2D eigenvalue weighted by Gasteiger charge is -2.14. The zero-order valence-corrected chi connectivity index (χ0v) is 15.3. The summed E-state index contributed by atoms with van der Waals surface area (Å²) < 4.78 is 7.00. The van der Waals surface area contributed by atoms with Crippen LogP contribution < -0.4 is 15.6 Å². The van der Waals surface area contributed by atoms with E-state index in [1.165, 1.54) is 16.9 Å². The SMILES string of the molecule is CCn1c(Nc2cccc(OC)c2)nc2sc3c(c2c1=O)CCCC3. The number of nitrogens with zero attached hydrogens (tertiary/aromatic N) is 2. The third-order valence-corrected chi connectivity index (χ3v) is 5.90. The molecule has 1 aromatic carbocycles. The Morgan fingerprint density at radius 2 is 2.16 bits per heavy atom. The van der Waals surface area contributed by atoms with E-state index in [0.717, 1.165) is 40.9 Å². The molecule has 0 unspecified atom stereocenters. The van der Waals surface area contributed by atoms with Crippen LogP contribution in [0.15, 0.2) is 29.1 Å². The Hall–Kier alpha value is -2.34. The van der Waals surface area contributed by atoms with E-state index in [2.05, 4.69) is 5.32 Å². The van der Waals surface area contributed by atoms with Crippen LogP contribution in [0, 0.1) is 0 Å². The van der Waals surface area contributed by atoms with Crippen LogP contribution in [0.3, 0.4) is 0 Å². The lowest BCUT2D eigenvalue weighted by atomic mass is 9.97. The number of benzene rings is 1. The molecule has 2 heterocycles. The Balaban J connectivity index is 1.84. The Bertz CT molecular complexity index is 990. The number of thiophene rings is 1. The van der Waals surface area contributed by atoms with E-state index in [0.29, 0.717) is 12.5 Å². The summed E-state index contributed by atoms with van der Waals surface area (Å²) in [5, 5.41) is 4.12. The summed E-state index contributed by atoms with van der Waals surface area (Å²) in [7, 11) is 1.64. The maximum atomic E-state index is 13.1. The third-order valence-electron chi connectivity index (χ3n) is 4.72. The van der Waals surface area contributed by atoms with Crippen molar-refractivity contribution >= 4 is 33.2 Å². The maximum absolute atomic E-state index is 13.1. The van der Waals surface area contributed by atoms with E-state index in [1.54, 1.807) is 23.0 Å². The predicted molar refractivity (Wildman–Crippen MR) is 102 cm³/mol. The van der Waals surface area contributed by atoms with E-state index >= 15 is 0 Å². The normalized spacial score (nSPS) is 13.7. The zero-order valence-electron chi connectivity index (χ0n) is 14.5. The summed E-state index contributed by atoms with van der Waals surface area (Å²) in [6.07, 6.45) is 4.43. The third kappa shape index (κ3) is 2.80. The highest BCUT2D eigenvalue weighted by Gasteiger charge is 2.21. The minimum absolute atomic E-state index is 0.0669. The fourth-order valence-corrected chi connectivity index (χ4v) is 4.71. The van der Waals surface area contributed by atoms with Gasteiger partial charge in [0.05, 0.1) is 12.5 Å². The minimum atomic E-state index is 0.0669. The molecule has 0 amide bonds. The van der Waals surface area contributed by atoms with Crippen molar-refractivity contribution in [3.63, 3.8) is 0 Å². The number of ether oxygens (including phenoxy) is 1. The lowest BCUT2D eigenvalue weighted by Crippen LogP contribution is -2.23. The van der Waals surface area contributed by atoms with E-state index in [9.17, 15) is 4.79 Å². The van der Waals surface area contributed by atoms with E-state index in [1.807, 2.05) is 31.2 Å². The molecule has 3 aromatic rings. The van der Waals surface area contributed by atoms with Crippen LogP contribution in [-0.2, 0) is 19.4 Å². The summed E-state index contributed by atoms with van der Waals surface area (Å²) in [5.74, 6) is 1.36. The summed E-state index contributed by atoms with van der Waals surface area (Å²) in [6, 6.07) is 7.65. The number of methoxy groups -OCH3 is 1. The van der Waals surface area contributed by atoms with Crippen LogP contribution in [0.25, 0.3) is 10.2 Å². The van der Waals surface area contributed by atoms with Gasteiger partial charge in [0, 0.05) is 23.2 Å². The quantitative estimate of drug-likeness (QED) is 0.765. The van der Waals surface area contributed by atoms with Gasteiger partial charge in [-0.05, 0) is 50.3 Å². The van der Waals surface area contributed by atoms with Gasteiger partial charge >= 0.3 is 0 Å². The zero-order chi connectivity index (χ0) is 17.4. The Morgan fingerprint density at radius 3 is 2.96 bits per heavy atom. The van der Waals surface area contributed by atoms with Crippen LogP contribution in [0.5, 0.6) is 5.75 Å². The standard InChI is InChI=1S/C19H21N3O2S/c1-3-22-18(23)16-14-9-4-5-10-15(14)25-17(16)21-19(22)20-12-7-6-8-13(11-12)24-2/h6-8,11H,3-5,9-10H2,1-2H3,(H,20,21). The molecule has 130 valence electrons. The predicted octanol–water partition coefficient (Wildman–Crippen LogP) is 4.11. The number of fused-ring (bicyclic) bond motifs is 3. The number of nitrogens with one attached hydrogen (secondary N) is 1. The number of aryl methyl sites for hydroxylation is 2. The average Bonchev–Trinajstić information content (AvgIpc) is 3.00. The first-order valence-electron chi connectivity index (χ1n) is 8.67. The van der Waals surface area contributed by atoms with Gasteiger partial charge in [-0.2, -0.15) is 0 Å². The molecule has 0 spiro atoms. The van der Waals surface area contributed by atoms with E-state index in [-0.39, 0.29) is 5.56 Å². The van der Waals surface area contributed by atoms with Crippen LogP contribution in [0.4, 0.5) is 11.6 Å². The molecule has 6 heteroatoms. The van der Waals surface area contributed by atoms with Crippen LogP contribution >= 0.6 is 11.3 Å². The largest absolute Gasteiger partial charge is 0.497 e. The maximum Gasteiger partial charge on any atom is 0.263 e. The molecule has 0 saturated heterocycles. The van der Waals surface area contributed by atoms with Gasteiger partial charge in [0.2, 0.25) is 5.95 Å². The molecule has 0 radical (unpaired) electrons. The molecule has 0 fully saturated rings. The van der Waals surface area contributed by atoms with Crippen molar-refractivity contribution in [2.24, 2.45) is 0 Å². The molecule has 0 aliphatic heterocycles. The van der Waals surface area contributed by atoms with Gasteiger partial charge in [0.25, 0.3) is 5.56 Å². The molecule has 0 saturated carbocycles. The fourth-order valence-electron chi connectivity index (χ4n) is 3.46. The molecule has 1 N–H and O–H groups in total. The van der Waals surface area contributed by atoms with Gasteiger partial charge < -0.3 is 10.1 Å². The summed E-state index contributed by atoms with van der Waals surface area (Å²) >= 11 is 1.68. The second kappa shape index (κ2) is 6.52. The van der Waals surface area contributed by atoms with Gasteiger partial charge in [-0.15, -0.1) is 11.3 Å². The van der Waals surface area contributed by atoms with Gasteiger partial charge in [-0.25, -0.2) is 4.98 Å². The number of rotatable bonds is 4. The Morgan fingerprint density at radius 1 is 1.32 bits per heavy atom. The van der Waals surface area contributed by atoms with Crippen molar-refractivity contribution in [2.45, 2.75) is 39.2 Å². The first-order chi connectivity index (χ1) is 12.2. The molecule has 4 rings (SSSR count). The number of hydrogen-bond acceptors (Lipinski definition) is 5. The summed E-state index contributed by atoms with van der Waals surface area (Å²) in [4.78, 5) is 20.1. The molecule has 2 aromatic heterocycles. The first-order valence-corrected chi connectivity index (χ1v) is 9.49. The van der Waals surface area contributed by atoms with Crippen LogP contribution in [0.1, 0.15) is 30.2 Å². The number of anilines is 2. The molecule has 5 nitrogen and oxygen atoms in total. The first kappa shape index (κ1) is 16.1. The lowest BCUT2D eigenvalue weighted by molar-refractivity contribution is 0.415. The van der Waals surface area contributed by atoms with Crippen LogP contribution in [-0.4, -0.2) is 16.7 Å². The topological polar surface area (TPSA) is 56.1 Å². The molecular formula is C19H21N3O2S. The Labute approximate surface area is 150 Å². The second-order valence-electron chi connectivity index (χ2n) is 6.23. The van der Waals surface area contributed by atoms with Crippen molar-refractivity contribution in [3.8, 4) is 5.75 Å². The van der Waals surface area contributed by atoms with Crippen molar-refractivity contribution in [2.75, 3.05) is 12.4 Å². The minimum Gasteiger partial charge on any atom is -0.497 e. The molecule has 1 aliphatic rings. The highest BCUT2D eigenvalue weighted by molar-refractivity contribution is 7.18. The molecule has 25 heavy (non-hydrogen) atoms. The Kier molecular flexibility index (Phi) is 4.21. The van der Waals surface area contributed by atoms with Gasteiger partial charge in [-0.1, -0.05) is 6.07 Å². The fraction of sp³-hybridized carbons (Fsp3) is 0.368. The van der Waals surface area contributed by atoms with Gasteiger partial charge in [0.1, 0.15) is 10.6 Å². The van der Waals surface area contributed by atoms with Crippen molar-refractivity contribution in [1.29, 1.82) is 0 Å². The number of aromatic nitrogens is 2. The monoisotopic (exact) mass is 355 g/mol. The van der Waals surface area contributed by atoms with Crippen molar-refractivity contribution in [3.05, 3.63) is 45.1 Å². The molecule has 0 atom stereocenters. The highest BCUT2D eigenvalue weighted by atomic mass is 32.1. The van der Waals surface area contributed by atoms with E-state index in [4.69, 9.17) is 9.72 Å². The van der Waals surface area contributed by atoms with E-state index < -0.39 is 0 Å². The number of hydrogen-bond donors (Lipinski definition) is 1. The molecule has 0 bridgehead atoms. The van der Waals surface area contributed by atoms with Gasteiger partial charge in [0.15, 0.2) is 0 Å². The van der Waals surface area contributed by atoms with Crippen molar-refractivity contribution < 1.29 is 4.74 Å². The molecular weight excluding hydrogens is 334 g/mol. The molecule has 1 aliphatic carbocycles. The summed E-state index contributed by atoms with van der Waals surface area (Å²) in [5.41, 5.74) is 2.16. The summed E-state index contributed by atoms with van der Waals surface area (Å²) in [6.45, 7) is 2.56. The van der Waals surface area contributed by atoms with Crippen molar-refractivity contribution in [1.82, 2.24) is 9.55 Å².